The van der Waals surface area contributed by atoms with E-state index in [9.17, 15) is 0 Å². The molecule has 0 aliphatic carbocycles. The Morgan fingerprint density at radius 3 is 2.79 bits per heavy atom. The van der Waals surface area contributed by atoms with E-state index < -0.39 is 0 Å². The lowest BCUT2D eigenvalue weighted by atomic mass is 10.2. The summed E-state index contributed by atoms with van der Waals surface area (Å²) in [6, 6.07) is 0.747. The third-order valence-corrected chi connectivity index (χ3v) is 4.16. The molecule has 0 amide bonds. The lowest BCUT2D eigenvalue weighted by molar-refractivity contribution is 0.249. The molecule has 2 aliphatic heterocycles. The molecule has 19 heavy (non-hydrogen) atoms. The first-order valence-corrected chi connectivity index (χ1v) is 7.66. The minimum absolute atomic E-state index is 0.747. The van der Waals surface area contributed by atoms with Crippen LogP contribution in [0, 0.1) is 0 Å². The van der Waals surface area contributed by atoms with Gasteiger partial charge in [0, 0.05) is 32.7 Å². The predicted octanol–water partition coefficient (Wildman–Crippen LogP) is 1.70. The topological polar surface area (TPSA) is 30.9 Å². The van der Waals surface area contributed by atoms with Crippen molar-refractivity contribution in [1.82, 2.24) is 15.1 Å². The van der Waals surface area contributed by atoms with Crippen LogP contribution in [0.15, 0.2) is 17.1 Å². The van der Waals surface area contributed by atoms with Gasteiger partial charge in [0.05, 0.1) is 0 Å². The van der Waals surface area contributed by atoms with Crippen LogP contribution in [0.3, 0.4) is 0 Å². The molecule has 108 valence electrons. The van der Waals surface area contributed by atoms with Crippen molar-refractivity contribution in [3.63, 3.8) is 0 Å². The largest absolute Gasteiger partial charge is 0.356 e. The quantitative estimate of drug-likeness (QED) is 0.363. The Balaban J connectivity index is 1.77. The number of likely N-dealkylation sites (tertiary alicyclic amines) is 2. The van der Waals surface area contributed by atoms with E-state index in [-0.39, 0.29) is 0 Å². The molecule has 1 atom stereocenters. The summed E-state index contributed by atoms with van der Waals surface area (Å²) in [5, 5.41) is 3.46. The van der Waals surface area contributed by atoms with E-state index in [0.717, 1.165) is 38.1 Å². The average Bonchev–Trinajstić information content (AvgIpc) is 3.09. The molecule has 0 aromatic rings. The summed E-state index contributed by atoms with van der Waals surface area (Å²) in [4.78, 5) is 9.49. The Bertz CT molecular complexity index is 318. The molecule has 1 N–H and O–H groups in total. The maximum atomic E-state index is 4.42. The summed E-state index contributed by atoms with van der Waals surface area (Å²) in [5.41, 5.74) is 0. The highest BCUT2D eigenvalue weighted by molar-refractivity contribution is 5.80. The van der Waals surface area contributed by atoms with Gasteiger partial charge in [0.1, 0.15) is 0 Å². The van der Waals surface area contributed by atoms with Crippen LogP contribution in [0.25, 0.3) is 0 Å². The van der Waals surface area contributed by atoms with Gasteiger partial charge in [-0.25, -0.2) is 0 Å². The van der Waals surface area contributed by atoms with Crippen molar-refractivity contribution >= 4 is 5.96 Å². The molecular formula is C15H28N4. The van der Waals surface area contributed by atoms with Gasteiger partial charge in [0.2, 0.25) is 0 Å². The van der Waals surface area contributed by atoms with Gasteiger partial charge in [-0.3, -0.25) is 9.89 Å². The molecule has 2 heterocycles. The Morgan fingerprint density at radius 2 is 2.11 bits per heavy atom. The zero-order chi connectivity index (χ0) is 13.5. The zero-order valence-corrected chi connectivity index (χ0v) is 12.4. The van der Waals surface area contributed by atoms with E-state index >= 15 is 0 Å². The smallest absolute Gasteiger partial charge is 0.193 e. The molecule has 2 fully saturated rings. The number of nitrogens with zero attached hydrogens (tertiary/aromatic N) is 3. The SMILES string of the molecule is C/C=C/CCNC(=NC)N1CCC(N2CCCC2)C1. The highest BCUT2D eigenvalue weighted by atomic mass is 15.3. The van der Waals surface area contributed by atoms with Crippen LogP contribution < -0.4 is 5.32 Å². The molecule has 1 unspecified atom stereocenters. The number of nitrogens with one attached hydrogen (secondary N) is 1. The van der Waals surface area contributed by atoms with Crippen molar-refractivity contribution in [3.05, 3.63) is 12.2 Å². The molecule has 2 rings (SSSR count). The summed E-state index contributed by atoms with van der Waals surface area (Å²) in [5.74, 6) is 1.08. The average molecular weight is 264 g/mol. The fourth-order valence-electron chi connectivity index (χ4n) is 3.11. The third kappa shape index (κ3) is 3.96. The van der Waals surface area contributed by atoms with Gasteiger partial charge >= 0.3 is 0 Å². The molecule has 0 spiro atoms. The summed E-state index contributed by atoms with van der Waals surface area (Å²) >= 11 is 0. The second-order valence-corrected chi connectivity index (χ2v) is 5.46. The Labute approximate surface area is 117 Å². The molecule has 4 nitrogen and oxygen atoms in total. The van der Waals surface area contributed by atoms with Gasteiger partial charge in [-0.1, -0.05) is 12.2 Å². The van der Waals surface area contributed by atoms with Crippen LogP contribution in [-0.2, 0) is 0 Å². The first kappa shape index (κ1) is 14.4. The van der Waals surface area contributed by atoms with Gasteiger partial charge in [0.25, 0.3) is 0 Å². The highest BCUT2D eigenvalue weighted by Crippen LogP contribution is 2.20. The summed E-state index contributed by atoms with van der Waals surface area (Å²) in [7, 11) is 1.89. The maximum Gasteiger partial charge on any atom is 0.193 e. The van der Waals surface area contributed by atoms with Crippen LogP contribution in [-0.4, -0.2) is 61.6 Å². The van der Waals surface area contributed by atoms with Crippen molar-refractivity contribution in [1.29, 1.82) is 0 Å². The van der Waals surface area contributed by atoms with Crippen LogP contribution in [0.4, 0.5) is 0 Å². The minimum Gasteiger partial charge on any atom is -0.356 e. The number of hydrogen-bond donors (Lipinski definition) is 1. The third-order valence-electron chi connectivity index (χ3n) is 4.16. The fraction of sp³-hybridized carbons (Fsp3) is 0.800. The number of rotatable bonds is 4. The standard InChI is InChI=1S/C15H28N4/c1-3-4-5-9-17-15(16-2)19-12-8-14(13-19)18-10-6-7-11-18/h3-4,14H,5-13H2,1-2H3,(H,16,17)/b4-3+. The van der Waals surface area contributed by atoms with E-state index in [1.165, 1.54) is 32.4 Å². The van der Waals surface area contributed by atoms with Crippen LogP contribution in [0.5, 0.6) is 0 Å². The van der Waals surface area contributed by atoms with E-state index in [0.29, 0.717) is 0 Å². The van der Waals surface area contributed by atoms with E-state index in [4.69, 9.17) is 0 Å². The van der Waals surface area contributed by atoms with Gasteiger partial charge in [0.15, 0.2) is 5.96 Å². The molecule has 2 aliphatic rings. The normalized spacial score (nSPS) is 25.7. The van der Waals surface area contributed by atoms with E-state index in [2.05, 4.69) is 39.2 Å². The van der Waals surface area contributed by atoms with Crippen molar-refractivity contribution in [2.45, 2.75) is 38.6 Å². The molecule has 0 aromatic heterocycles. The molecule has 0 radical (unpaired) electrons. The van der Waals surface area contributed by atoms with Crippen LogP contribution in [0.2, 0.25) is 0 Å². The number of guanidine groups is 1. The first-order valence-electron chi connectivity index (χ1n) is 7.66. The van der Waals surface area contributed by atoms with E-state index in [1.54, 1.807) is 0 Å². The fourth-order valence-corrected chi connectivity index (χ4v) is 3.11. The molecule has 0 bridgehead atoms. The number of hydrogen-bond acceptors (Lipinski definition) is 2. The van der Waals surface area contributed by atoms with Gasteiger partial charge in [-0.05, 0) is 45.7 Å². The summed E-state index contributed by atoms with van der Waals surface area (Å²) in [6.07, 6.45) is 9.41. The summed E-state index contributed by atoms with van der Waals surface area (Å²) < 4.78 is 0. The van der Waals surface area contributed by atoms with Crippen LogP contribution in [0.1, 0.15) is 32.6 Å². The predicted molar refractivity (Wildman–Crippen MR) is 81.6 cm³/mol. The highest BCUT2D eigenvalue weighted by Gasteiger charge is 2.30. The Kier molecular flexibility index (Phi) is 5.70. The lowest BCUT2D eigenvalue weighted by Gasteiger charge is -2.25. The van der Waals surface area contributed by atoms with Gasteiger partial charge in [-0.2, -0.15) is 0 Å². The second kappa shape index (κ2) is 7.53. The second-order valence-electron chi connectivity index (χ2n) is 5.46. The number of allylic oxidation sites excluding steroid dienone is 1. The van der Waals surface area contributed by atoms with Crippen molar-refractivity contribution < 1.29 is 0 Å². The van der Waals surface area contributed by atoms with Crippen molar-refractivity contribution in [2.75, 3.05) is 39.8 Å². The molecule has 4 heteroatoms. The van der Waals surface area contributed by atoms with Gasteiger partial charge < -0.3 is 10.2 Å². The molecule has 0 aromatic carbocycles. The molecule has 0 saturated carbocycles. The monoisotopic (exact) mass is 264 g/mol. The van der Waals surface area contributed by atoms with Crippen molar-refractivity contribution in [2.24, 2.45) is 4.99 Å². The molecular weight excluding hydrogens is 236 g/mol. The van der Waals surface area contributed by atoms with Crippen molar-refractivity contribution in [3.8, 4) is 0 Å². The zero-order valence-electron chi connectivity index (χ0n) is 12.4. The summed E-state index contributed by atoms with van der Waals surface area (Å²) in [6.45, 7) is 7.92. The molecule has 2 saturated heterocycles. The van der Waals surface area contributed by atoms with Gasteiger partial charge in [-0.15, -0.1) is 0 Å². The number of aliphatic imine (C=N–C) groups is 1. The van der Waals surface area contributed by atoms with Crippen LogP contribution >= 0.6 is 0 Å². The first-order chi connectivity index (χ1) is 9.35. The minimum atomic E-state index is 0.747. The van der Waals surface area contributed by atoms with E-state index in [1.807, 2.05) is 7.05 Å². The maximum absolute atomic E-state index is 4.42. The Hall–Kier alpha value is -1.03. The Morgan fingerprint density at radius 1 is 1.32 bits per heavy atom. The lowest BCUT2D eigenvalue weighted by Crippen LogP contribution is -2.42.